The Morgan fingerprint density at radius 2 is 2.36 bits per heavy atom. The first-order chi connectivity index (χ1) is 5.29. The maximum absolute atomic E-state index is 10.6. The second-order valence-corrected chi connectivity index (χ2v) is 2.16. The van der Waals surface area contributed by atoms with Gasteiger partial charge in [-0.05, 0) is 24.3 Å². The van der Waals surface area contributed by atoms with Crippen molar-refractivity contribution in [3.05, 3.63) is 41.8 Å². The summed E-state index contributed by atoms with van der Waals surface area (Å²) < 4.78 is 0. The van der Waals surface area contributed by atoms with Gasteiger partial charge in [0.1, 0.15) is 0 Å². The van der Waals surface area contributed by atoms with Crippen molar-refractivity contribution in [2.75, 3.05) is 0 Å². The minimum atomic E-state index is -0.0591. The Kier molecular flexibility index (Phi) is 2.47. The van der Waals surface area contributed by atoms with Crippen molar-refractivity contribution in [3.8, 4) is 0 Å². The molecule has 0 saturated heterocycles. The third kappa shape index (κ3) is 2.70. The van der Waals surface area contributed by atoms with Gasteiger partial charge in [-0.15, -0.1) is 5.73 Å². The van der Waals surface area contributed by atoms with Crippen LogP contribution in [0.4, 0.5) is 0 Å². The van der Waals surface area contributed by atoms with Gasteiger partial charge in [0.25, 0.3) is 0 Å². The van der Waals surface area contributed by atoms with E-state index in [-0.39, 0.29) is 5.91 Å². The molecule has 0 unspecified atom stereocenters. The first kappa shape index (κ1) is 7.58. The van der Waals surface area contributed by atoms with Crippen LogP contribution in [0.25, 0.3) is 0 Å². The van der Waals surface area contributed by atoms with Crippen LogP contribution in [-0.4, -0.2) is 5.91 Å². The Morgan fingerprint density at radius 3 is 3.09 bits per heavy atom. The molecule has 1 amide bonds. The number of nitrogens with one attached hydrogen (secondary N) is 1. The van der Waals surface area contributed by atoms with Gasteiger partial charge in [-0.1, -0.05) is 6.08 Å². The fourth-order valence-electron chi connectivity index (χ4n) is 0.743. The lowest BCUT2D eigenvalue weighted by Gasteiger charge is -1.98. The van der Waals surface area contributed by atoms with E-state index in [1.807, 2.05) is 12.2 Å². The molecule has 1 rings (SSSR count). The van der Waals surface area contributed by atoms with E-state index in [1.165, 1.54) is 6.92 Å². The lowest BCUT2D eigenvalue weighted by Crippen LogP contribution is -2.17. The molecule has 0 heterocycles. The highest BCUT2D eigenvalue weighted by atomic mass is 16.1. The van der Waals surface area contributed by atoms with E-state index >= 15 is 0 Å². The van der Waals surface area contributed by atoms with Crippen molar-refractivity contribution in [1.82, 2.24) is 5.32 Å². The van der Waals surface area contributed by atoms with E-state index in [9.17, 15) is 4.79 Å². The van der Waals surface area contributed by atoms with Gasteiger partial charge in [0.2, 0.25) is 5.91 Å². The third-order valence-electron chi connectivity index (χ3n) is 1.15. The molecule has 2 heteroatoms. The number of hydrogen-bond acceptors (Lipinski definition) is 1. The average molecular weight is 147 g/mol. The van der Waals surface area contributed by atoms with Crippen molar-refractivity contribution in [2.24, 2.45) is 0 Å². The summed E-state index contributed by atoms with van der Waals surface area (Å²) in [5, 5.41) is 2.67. The lowest BCUT2D eigenvalue weighted by molar-refractivity contribution is -0.118. The Labute approximate surface area is 65.6 Å². The zero-order chi connectivity index (χ0) is 8.10. The predicted octanol–water partition coefficient (Wildman–Crippen LogP) is 1.29. The topological polar surface area (TPSA) is 29.1 Å². The Morgan fingerprint density at radius 1 is 1.55 bits per heavy atom. The molecule has 0 aromatic rings. The van der Waals surface area contributed by atoms with Crippen molar-refractivity contribution in [3.63, 3.8) is 0 Å². The van der Waals surface area contributed by atoms with Crippen LogP contribution in [-0.2, 0) is 4.79 Å². The molecule has 0 aromatic heterocycles. The lowest BCUT2D eigenvalue weighted by atomic mass is 10.3. The largest absolute Gasteiger partial charge is 0.326 e. The van der Waals surface area contributed by atoms with Gasteiger partial charge >= 0.3 is 0 Å². The van der Waals surface area contributed by atoms with Gasteiger partial charge in [-0.25, -0.2) is 0 Å². The Balaban J connectivity index is 2.68. The molecule has 56 valence electrons. The summed E-state index contributed by atoms with van der Waals surface area (Å²) in [4.78, 5) is 10.6. The van der Waals surface area contributed by atoms with Crippen molar-refractivity contribution in [2.45, 2.75) is 6.92 Å². The monoisotopic (exact) mass is 147 g/mol. The maximum atomic E-state index is 10.6. The highest BCUT2D eigenvalue weighted by Crippen LogP contribution is 1.95. The van der Waals surface area contributed by atoms with E-state index < -0.39 is 0 Å². The van der Waals surface area contributed by atoms with Gasteiger partial charge in [0.15, 0.2) is 0 Å². The average Bonchev–Trinajstić information content (AvgIpc) is 2.14. The van der Waals surface area contributed by atoms with E-state index in [2.05, 4.69) is 11.0 Å². The molecule has 0 aromatic carbocycles. The van der Waals surface area contributed by atoms with Gasteiger partial charge in [0.05, 0.1) is 0 Å². The minimum absolute atomic E-state index is 0.0591. The van der Waals surface area contributed by atoms with E-state index in [0.717, 1.165) is 5.70 Å². The molecule has 0 radical (unpaired) electrons. The van der Waals surface area contributed by atoms with E-state index in [4.69, 9.17) is 0 Å². The van der Waals surface area contributed by atoms with Crippen LogP contribution in [0, 0.1) is 0 Å². The van der Waals surface area contributed by atoms with Crippen molar-refractivity contribution in [1.29, 1.82) is 0 Å². The quantitative estimate of drug-likeness (QED) is 0.556. The molecule has 1 N–H and O–H groups in total. The molecule has 1 aliphatic carbocycles. The first-order valence-corrected chi connectivity index (χ1v) is 3.36. The van der Waals surface area contributed by atoms with Gasteiger partial charge in [-0.3, -0.25) is 4.79 Å². The smallest absolute Gasteiger partial charge is 0.221 e. The van der Waals surface area contributed by atoms with Crippen LogP contribution < -0.4 is 5.32 Å². The number of hydrogen-bond donors (Lipinski definition) is 1. The summed E-state index contributed by atoms with van der Waals surface area (Å²) in [6, 6.07) is 0. The molecule has 0 bridgehead atoms. The molecule has 2 nitrogen and oxygen atoms in total. The standard InChI is InChI=1S/C9H9NO/c1-8(11)10-9-6-4-2-3-5-7-9/h2,4-7H,1H3,(H,10,11). The van der Waals surface area contributed by atoms with Crippen LogP contribution in [0.15, 0.2) is 41.8 Å². The summed E-state index contributed by atoms with van der Waals surface area (Å²) in [7, 11) is 0. The summed E-state index contributed by atoms with van der Waals surface area (Å²) >= 11 is 0. The number of carbonyl (C=O) groups excluding carboxylic acids is 1. The SMILES string of the molecule is CC(=O)NC1=CC=C=CC=C1. The molecule has 0 atom stereocenters. The summed E-state index contributed by atoms with van der Waals surface area (Å²) in [5.74, 6) is -0.0591. The molecular weight excluding hydrogens is 138 g/mol. The fourth-order valence-corrected chi connectivity index (χ4v) is 0.743. The number of allylic oxidation sites excluding steroid dienone is 4. The van der Waals surface area contributed by atoms with Crippen LogP contribution in [0.2, 0.25) is 0 Å². The summed E-state index contributed by atoms with van der Waals surface area (Å²) in [6.45, 7) is 1.48. The number of carbonyl (C=O) groups is 1. The van der Waals surface area contributed by atoms with Gasteiger partial charge in [0, 0.05) is 12.6 Å². The number of amides is 1. The highest BCUT2D eigenvalue weighted by Gasteiger charge is 1.92. The van der Waals surface area contributed by atoms with E-state index in [0.29, 0.717) is 0 Å². The third-order valence-corrected chi connectivity index (χ3v) is 1.15. The molecular formula is C9H9NO. The molecule has 0 aliphatic heterocycles. The molecule has 0 fully saturated rings. The fraction of sp³-hybridized carbons (Fsp3) is 0.111. The second-order valence-electron chi connectivity index (χ2n) is 2.16. The van der Waals surface area contributed by atoms with Crippen molar-refractivity contribution >= 4 is 5.91 Å². The Hall–Kier alpha value is -1.53. The van der Waals surface area contributed by atoms with Gasteiger partial charge in [-0.2, -0.15) is 0 Å². The normalized spacial score (nSPS) is 14.1. The van der Waals surface area contributed by atoms with Crippen molar-refractivity contribution < 1.29 is 4.79 Å². The Bertz CT molecular complexity index is 278. The van der Waals surface area contributed by atoms with Gasteiger partial charge < -0.3 is 5.32 Å². The number of rotatable bonds is 1. The predicted molar refractivity (Wildman–Crippen MR) is 43.7 cm³/mol. The first-order valence-electron chi connectivity index (χ1n) is 3.36. The zero-order valence-electron chi connectivity index (χ0n) is 6.29. The maximum Gasteiger partial charge on any atom is 0.221 e. The second kappa shape index (κ2) is 3.59. The summed E-state index contributed by atoms with van der Waals surface area (Å²) in [5.41, 5.74) is 3.68. The molecule has 0 saturated carbocycles. The summed E-state index contributed by atoms with van der Waals surface area (Å²) in [6.07, 6.45) is 8.97. The highest BCUT2D eigenvalue weighted by molar-refractivity contribution is 5.75. The molecule has 1 aliphatic rings. The molecule has 11 heavy (non-hydrogen) atoms. The van der Waals surface area contributed by atoms with Crippen LogP contribution in [0.3, 0.4) is 0 Å². The van der Waals surface area contributed by atoms with Crippen LogP contribution >= 0.6 is 0 Å². The van der Waals surface area contributed by atoms with Crippen LogP contribution in [0.1, 0.15) is 6.92 Å². The molecule has 0 spiro atoms. The minimum Gasteiger partial charge on any atom is -0.326 e. The van der Waals surface area contributed by atoms with E-state index in [1.54, 1.807) is 18.2 Å². The zero-order valence-corrected chi connectivity index (χ0v) is 6.29. The van der Waals surface area contributed by atoms with Crippen LogP contribution in [0.5, 0.6) is 0 Å².